The third-order valence-corrected chi connectivity index (χ3v) is 4.26. The van der Waals surface area contributed by atoms with Crippen LogP contribution in [0.1, 0.15) is 25.3 Å². The third-order valence-electron chi connectivity index (χ3n) is 4.26. The average molecular weight is 285 g/mol. The monoisotopic (exact) mass is 285 g/mol. The second-order valence-corrected chi connectivity index (χ2v) is 5.75. The molecule has 1 saturated heterocycles. The number of ether oxygens (including phenoxy) is 1. The largest absolute Gasteiger partial charge is 0.381 e. The van der Waals surface area contributed by atoms with Crippen LogP contribution in [0.15, 0.2) is 42.7 Å². The lowest BCUT2D eigenvalue weighted by molar-refractivity contribution is 0.0558. The Balaban J connectivity index is 1.55. The van der Waals surface area contributed by atoms with E-state index >= 15 is 0 Å². The molecule has 112 valence electrons. The summed E-state index contributed by atoms with van der Waals surface area (Å²) in [5.74, 6) is 0.725. The van der Waals surface area contributed by atoms with Gasteiger partial charge in [-0.2, -0.15) is 5.10 Å². The molecule has 3 rings (SSSR count). The van der Waals surface area contributed by atoms with E-state index in [2.05, 4.69) is 35.7 Å². The predicted octanol–water partition coefficient (Wildman–Crippen LogP) is 2.78. The Kier molecular flexibility index (Phi) is 4.68. The Labute approximate surface area is 126 Å². The van der Waals surface area contributed by atoms with Crippen molar-refractivity contribution in [1.29, 1.82) is 0 Å². The average Bonchev–Trinajstić information content (AvgIpc) is 3.03. The SMILES string of the molecule is CC(NCc1cnn(-c2ccccc2)c1)C1CCOCC1. The van der Waals surface area contributed by atoms with Crippen LogP contribution in [0.25, 0.3) is 5.69 Å². The van der Waals surface area contributed by atoms with Crippen molar-refractivity contribution < 1.29 is 4.74 Å². The Morgan fingerprint density at radius 3 is 2.81 bits per heavy atom. The van der Waals surface area contributed by atoms with E-state index in [1.54, 1.807) is 0 Å². The highest BCUT2D eigenvalue weighted by atomic mass is 16.5. The van der Waals surface area contributed by atoms with Crippen LogP contribution in [-0.4, -0.2) is 29.0 Å². The molecule has 0 amide bonds. The van der Waals surface area contributed by atoms with Gasteiger partial charge in [0.2, 0.25) is 0 Å². The van der Waals surface area contributed by atoms with Crippen molar-refractivity contribution in [2.45, 2.75) is 32.4 Å². The fourth-order valence-electron chi connectivity index (χ4n) is 2.83. The fourth-order valence-corrected chi connectivity index (χ4v) is 2.83. The van der Waals surface area contributed by atoms with E-state index in [0.717, 1.165) is 44.2 Å². The van der Waals surface area contributed by atoms with Gasteiger partial charge in [0.1, 0.15) is 0 Å². The topological polar surface area (TPSA) is 39.1 Å². The Bertz CT molecular complexity index is 546. The van der Waals surface area contributed by atoms with E-state index in [-0.39, 0.29) is 0 Å². The Morgan fingerprint density at radius 1 is 1.29 bits per heavy atom. The van der Waals surface area contributed by atoms with Gasteiger partial charge in [-0.25, -0.2) is 4.68 Å². The summed E-state index contributed by atoms with van der Waals surface area (Å²) in [6.45, 7) is 4.95. The van der Waals surface area contributed by atoms with Crippen LogP contribution in [0.2, 0.25) is 0 Å². The minimum atomic E-state index is 0.522. The molecule has 1 unspecified atom stereocenters. The molecule has 2 aromatic rings. The molecule has 21 heavy (non-hydrogen) atoms. The van der Waals surface area contributed by atoms with E-state index in [0.29, 0.717) is 6.04 Å². The van der Waals surface area contributed by atoms with Crippen LogP contribution in [0, 0.1) is 5.92 Å². The van der Waals surface area contributed by atoms with Gasteiger partial charge in [0.15, 0.2) is 0 Å². The van der Waals surface area contributed by atoms with Crippen LogP contribution in [0.5, 0.6) is 0 Å². The Hall–Kier alpha value is -1.65. The van der Waals surface area contributed by atoms with Crippen LogP contribution in [0.3, 0.4) is 0 Å². The molecular formula is C17H23N3O. The molecule has 1 aromatic heterocycles. The molecule has 1 aromatic carbocycles. The van der Waals surface area contributed by atoms with Gasteiger partial charge in [-0.05, 0) is 37.8 Å². The first kappa shape index (κ1) is 14.3. The molecule has 4 nitrogen and oxygen atoms in total. The lowest BCUT2D eigenvalue weighted by Crippen LogP contribution is -2.36. The highest BCUT2D eigenvalue weighted by molar-refractivity contribution is 5.30. The van der Waals surface area contributed by atoms with Crippen LogP contribution >= 0.6 is 0 Å². The zero-order valence-electron chi connectivity index (χ0n) is 12.5. The molecular weight excluding hydrogens is 262 g/mol. The van der Waals surface area contributed by atoms with E-state index in [1.807, 2.05) is 29.1 Å². The molecule has 1 atom stereocenters. The summed E-state index contributed by atoms with van der Waals surface area (Å²) in [5, 5.41) is 8.06. The molecule has 0 spiro atoms. The summed E-state index contributed by atoms with van der Waals surface area (Å²) in [6, 6.07) is 10.7. The van der Waals surface area contributed by atoms with Crippen LogP contribution < -0.4 is 5.32 Å². The number of para-hydroxylation sites is 1. The number of rotatable bonds is 5. The summed E-state index contributed by atoms with van der Waals surface area (Å²) >= 11 is 0. The van der Waals surface area contributed by atoms with Gasteiger partial charge in [-0.15, -0.1) is 0 Å². The summed E-state index contributed by atoms with van der Waals surface area (Å²) in [5.41, 5.74) is 2.32. The molecule has 2 heterocycles. The lowest BCUT2D eigenvalue weighted by atomic mass is 9.93. The smallest absolute Gasteiger partial charge is 0.0645 e. The molecule has 1 fully saturated rings. The first-order chi connectivity index (χ1) is 10.3. The predicted molar refractivity (Wildman–Crippen MR) is 83.4 cm³/mol. The van der Waals surface area contributed by atoms with Gasteiger partial charge in [0, 0.05) is 37.6 Å². The van der Waals surface area contributed by atoms with Gasteiger partial charge < -0.3 is 10.1 Å². The number of nitrogens with one attached hydrogen (secondary N) is 1. The standard InChI is InChI=1S/C17H23N3O/c1-14(16-7-9-21-10-8-16)18-11-15-12-19-20(13-15)17-5-3-2-4-6-17/h2-6,12-14,16,18H,7-11H2,1H3. The quantitative estimate of drug-likeness (QED) is 0.918. The number of benzene rings is 1. The van der Waals surface area contributed by atoms with Gasteiger partial charge in [0.25, 0.3) is 0 Å². The molecule has 0 radical (unpaired) electrons. The van der Waals surface area contributed by atoms with Crippen molar-refractivity contribution in [3.05, 3.63) is 48.3 Å². The first-order valence-corrected chi connectivity index (χ1v) is 7.73. The van der Waals surface area contributed by atoms with Gasteiger partial charge in [-0.1, -0.05) is 18.2 Å². The summed E-state index contributed by atoms with van der Waals surface area (Å²) in [4.78, 5) is 0. The molecule has 0 bridgehead atoms. The van der Waals surface area contributed by atoms with Crippen molar-refractivity contribution in [3.63, 3.8) is 0 Å². The summed E-state index contributed by atoms with van der Waals surface area (Å²) in [6.07, 6.45) is 6.37. The highest BCUT2D eigenvalue weighted by Crippen LogP contribution is 2.19. The van der Waals surface area contributed by atoms with E-state index in [4.69, 9.17) is 4.74 Å². The van der Waals surface area contributed by atoms with E-state index in [1.165, 1.54) is 5.56 Å². The molecule has 1 N–H and O–H groups in total. The minimum Gasteiger partial charge on any atom is -0.381 e. The van der Waals surface area contributed by atoms with Gasteiger partial charge >= 0.3 is 0 Å². The summed E-state index contributed by atoms with van der Waals surface area (Å²) < 4.78 is 7.35. The van der Waals surface area contributed by atoms with Crippen molar-refractivity contribution in [1.82, 2.24) is 15.1 Å². The third kappa shape index (κ3) is 3.71. The number of aromatic nitrogens is 2. The first-order valence-electron chi connectivity index (χ1n) is 7.73. The zero-order valence-corrected chi connectivity index (χ0v) is 12.5. The maximum atomic E-state index is 5.42. The number of hydrogen-bond donors (Lipinski definition) is 1. The van der Waals surface area contributed by atoms with Crippen molar-refractivity contribution in [2.24, 2.45) is 5.92 Å². The molecule has 0 saturated carbocycles. The lowest BCUT2D eigenvalue weighted by Gasteiger charge is -2.28. The molecule has 1 aliphatic rings. The molecule has 1 aliphatic heterocycles. The van der Waals surface area contributed by atoms with E-state index in [9.17, 15) is 0 Å². The van der Waals surface area contributed by atoms with Gasteiger partial charge in [0.05, 0.1) is 11.9 Å². The normalized spacial score (nSPS) is 17.8. The van der Waals surface area contributed by atoms with Gasteiger partial charge in [-0.3, -0.25) is 0 Å². The number of hydrogen-bond acceptors (Lipinski definition) is 3. The molecule has 0 aliphatic carbocycles. The Morgan fingerprint density at radius 2 is 2.05 bits per heavy atom. The second-order valence-electron chi connectivity index (χ2n) is 5.75. The highest BCUT2D eigenvalue weighted by Gasteiger charge is 2.19. The minimum absolute atomic E-state index is 0.522. The van der Waals surface area contributed by atoms with Crippen molar-refractivity contribution in [2.75, 3.05) is 13.2 Å². The van der Waals surface area contributed by atoms with Crippen molar-refractivity contribution >= 4 is 0 Å². The fraction of sp³-hybridized carbons (Fsp3) is 0.471. The molecule has 4 heteroatoms. The van der Waals surface area contributed by atoms with E-state index < -0.39 is 0 Å². The maximum Gasteiger partial charge on any atom is 0.0645 e. The van der Waals surface area contributed by atoms with Crippen LogP contribution in [0.4, 0.5) is 0 Å². The maximum absolute atomic E-state index is 5.42. The second kappa shape index (κ2) is 6.87. The summed E-state index contributed by atoms with van der Waals surface area (Å²) in [7, 11) is 0. The zero-order chi connectivity index (χ0) is 14.5. The number of nitrogens with zero attached hydrogens (tertiary/aromatic N) is 2. The van der Waals surface area contributed by atoms with Crippen LogP contribution in [-0.2, 0) is 11.3 Å². The van der Waals surface area contributed by atoms with Crippen molar-refractivity contribution in [3.8, 4) is 5.69 Å².